The predicted molar refractivity (Wildman–Crippen MR) is 77.6 cm³/mol. The van der Waals surface area contributed by atoms with Gasteiger partial charge in [0.1, 0.15) is 6.61 Å². The molecule has 2 heterocycles. The fourth-order valence-electron chi connectivity index (χ4n) is 2.89. The van der Waals surface area contributed by atoms with E-state index in [1.165, 1.54) is 5.56 Å². The van der Waals surface area contributed by atoms with Crippen LogP contribution in [0, 0.1) is 0 Å². The highest BCUT2D eigenvalue weighted by Crippen LogP contribution is 2.27. The van der Waals surface area contributed by atoms with Crippen LogP contribution in [-0.2, 0) is 9.53 Å². The number of carbonyl (C=O) groups excluding carboxylic acids is 1. The molecule has 0 spiro atoms. The highest BCUT2D eigenvalue weighted by Gasteiger charge is 2.34. The molecule has 0 aromatic heterocycles. The lowest BCUT2D eigenvalue weighted by atomic mass is 9.99. The van der Waals surface area contributed by atoms with Crippen LogP contribution in [0.1, 0.15) is 24.8 Å². The molecule has 0 saturated carbocycles. The van der Waals surface area contributed by atoms with Gasteiger partial charge in [0.15, 0.2) is 0 Å². The normalized spacial score (nSPS) is 24.4. The molecule has 2 aliphatic heterocycles. The van der Waals surface area contributed by atoms with E-state index in [4.69, 9.17) is 4.74 Å². The maximum absolute atomic E-state index is 12.2. The number of carbonyl (C=O) groups is 1. The van der Waals surface area contributed by atoms with Crippen LogP contribution in [0.15, 0.2) is 30.3 Å². The molecule has 1 N–H and O–H groups in total. The third-order valence-electron chi connectivity index (χ3n) is 4.35. The molecule has 2 saturated heterocycles. The molecule has 0 aliphatic carbocycles. The van der Waals surface area contributed by atoms with Crippen LogP contribution >= 0.6 is 0 Å². The van der Waals surface area contributed by atoms with Crippen LogP contribution in [0.4, 0.5) is 0 Å². The standard InChI is InChI=1S/C16H22N2O2/c1-16(11-17-12-16)20-10-15(19)18-8-7-14(9-18)13-5-3-2-4-6-13/h2-6,14,17H,7-12H2,1H3. The first-order valence-electron chi connectivity index (χ1n) is 7.34. The summed E-state index contributed by atoms with van der Waals surface area (Å²) in [5.74, 6) is 0.595. The van der Waals surface area contributed by atoms with Gasteiger partial charge in [-0.1, -0.05) is 30.3 Å². The second-order valence-electron chi connectivity index (χ2n) is 6.08. The van der Waals surface area contributed by atoms with Crippen molar-refractivity contribution in [3.63, 3.8) is 0 Å². The molecular weight excluding hydrogens is 252 g/mol. The Labute approximate surface area is 120 Å². The summed E-state index contributed by atoms with van der Waals surface area (Å²) < 4.78 is 5.73. The number of amides is 1. The molecule has 1 aromatic rings. The monoisotopic (exact) mass is 274 g/mol. The lowest BCUT2D eigenvalue weighted by Crippen LogP contribution is -2.59. The van der Waals surface area contributed by atoms with Crippen molar-refractivity contribution in [2.24, 2.45) is 0 Å². The van der Waals surface area contributed by atoms with Crippen molar-refractivity contribution >= 4 is 5.91 Å². The zero-order valence-electron chi connectivity index (χ0n) is 12.0. The Morgan fingerprint density at radius 2 is 2.15 bits per heavy atom. The molecule has 2 fully saturated rings. The van der Waals surface area contributed by atoms with E-state index in [1.807, 2.05) is 17.9 Å². The van der Waals surface area contributed by atoms with Gasteiger partial charge in [0.25, 0.3) is 0 Å². The van der Waals surface area contributed by atoms with Crippen molar-refractivity contribution in [2.75, 3.05) is 32.8 Å². The van der Waals surface area contributed by atoms with E-state index in [2.05, 4.69) is 29.6 Å². The minimum atomic E-state index is -0.145. The number of nitrogens with one attached hydrogen (secondary N) is 1. The van der Waals surface area contributed by atoms with Crippen molar-refractivity contribution in [1.29, 1.82) is 0 Å². The first-order valence-corrected chi connectivity index (χ1v) is 7.34. The van der Waals surface area contributed by atoms with Crippen LogP contribution in [0.3, 0.4) is 0 Å². The summed E-state index contributed by atoms with van der Waals surface area (Å²) in [6.45, 7) is 5.60. The fraction of sp³-hybridized carbons (Fsp3) is 0.562. The Balaban J connectivity index is 1.50. The second kappa shape index (κ2) is 5.54. The first kappa shape index (κ1) is 13.6. The van der Waals surface area contributed by atoms with E-state index in [9.17, 15) is 4.79 Å². The van der Waals surface area contributed by atoms with E-state index < -0.39 is 0 Å². The molecule has 2 aliphatic rings. The van der Waals surface area contributed by atoms with Gasteiger partial charge in [-0.3, -0.25) is 4.79 Å². The molecule has 3 rings (SSSR count). The molecule has 0 radical (unpaired) electrons. The fourth-order valence-corrected chi connectivity index (χ4v) is 2.89. The minimum Gasteiger partial charge on any atom is -0.363 e. The van der Waals surface area contributed by atoms with Gasteiger partial charge in [0.2, 0.25) is 5.91 Å². The molecule has 4 nitrogen and oxygen atoms in total. The van der Waals surface area contributed by atoms with Gasteiger partial charge in [-0.2, -0.15) is 0 Å². The van der Waals surface area contributed by atoms with Crippen molar-refractivity contribution < 1.29 is 9.53 Å². The largest absolute Gasteiger partial charge is 0.363 e. The zero-order chi connectivity index (χ0) is 14.0. The number of likely N-dealkylation sites (tertiary alicyclic amines) is 1. The molecule has 1 atom stereocenters. The van der Waals surface area contributed by atoms with E-state index in [0.717, 1.165) is 32.6 Å². The topological polar surface area (TPSA) is 41.6 Å². The van der Waals surface area contributed by atoms with E-state index in [-0.39, 0.29) is 18.1 Å². The Kier molecular flexibility index (Phi) is 3.76. The second-order valence-corrected chi connectivity index (χ2v) is 6.08. The highest BCUT2D eigenvalue weighted by molar-refractivity contribution is 5.78. The maximum Gasteiger partial charge on any atom is 0.248 e. The highest BCUT2D eigenvalue weighted by atomic mass is 16.5. The van der Waals surface area contributed by atoms with Crippen LogP contribution in [-0.4, -0.2) is 49.2 Å². The number of rotatable bonds is 4. The Bertz CT molecular complexity index is 471. The van der Waals surface area contributed by atoms with Gasteiger partial charge in [0.05, 0.1) is 5.60 Å². The smallest absolute Gasteiger partial charge is 0.248 e. The Morgan fingerprint density at radius 1 is 1.40 bits per heavy atom. The number of hydrogen-bond acceptors (Lipinski definition) is 3. The van der Waals surface area contributed by atoms with Crippen molar-refractivity contribution in [3.8, 4) is 0 Å². The third-order valence-corrected chi connectivity index (χ3v) is 4.35. The average Bonchev–Trinajstić information content (AvgIpc) is 2.93. The van der Waals surface area contributed by atoms with Gasteiger partial charge in [-0.05, 0) is 18.9 Å². The van der Waals surface area contributed by atoms with E-state index in [0.29, 0.717) is 5.92 Å². The number of ether oxygens (including phenoxy) is 1. The third kappa shape index (κ3) is 2.86. The van der Waals surface area contributed by atoms with E-state index in [1.54, 1.807) is 0 Å². The molecular formula is C16H22N2O2. The number of benzene rings is 1. The van der Waals surface area contributed by atoms with Crippen molar-refractivity contribution in [3.05, 3.63) is 35.9 Å². The predicted octanol–water partition coefficient (Wildman–Crippen LogP) is 1.38. The molecule has 0 bridgehead atoms. The summed E-state index contributed by atoms with van der Waals surface area (Å²) in [6, 6.07) is 10.5. The summed E-state index contributed by atoms with van der Waals surface area (Å²) in [7, 11) is 0. The maximum atomic E-state index is 12.2. The van der Waals surface area contributed by atoms with Crippen molar-refractivity contribution in [1.82, 2.24) is 10.2 Å². The quantitative estimate of drug-likeness (QED) is 0.902. The Hall–Kier alpha value is -1.39. The summed E-state index contributed by atoms with van der Waals surface area (Å²) in [6.07, 6.45) is 1.05. The summed E-state index contributed by atoms with van der Waals surface area (Å²) in [5, 5.41) is 3.17. The minimum absolute atomic E-state index is 0.122. The van der Waals surface area contributed by atoms with Crippen LogP contribution in [0.25, 0.3) is 0 Å². The van der Waals surface area contributed by atoms with Gasteiger partial charge in [-0.15, -0.1) is 0 Å². The summed E-state index contributed by atoms with van der Waals surface area (Å²) >= 11 is 0. The van der Waals surface area contributed by atoms with E-state index >= 15 is 0 Å². The van der Waals surface area contributed by atoms with Gasteiger partial charge in [-0.25, -0.2) is 0 Å². The average molecular weight is 274 g/mol. The summed E-state index contributed by atoms with van der Waals surface area (Å²) in [4.78, 5) is 14.1. The molecule has 1 amide bonds. The molecule has 20 heavy (non-hydrogen) atoms. The Morgan fingerprint density at radius 3 is 2.80 bits per heavy atom. The molecule has 1 unspecified atom stereocenters. The molecule has 4 heteroatoms. The first-order chi connectivity index (χ1) is 9.66. The van der Waals surface area contributed by atoms with Gasteiger partial charge in [0, 0.05) is 32.1 Å². The molecule has 1 aromatic carbocycles. The SMILES string of the molecule is CC1(OCC(=O)N2CCC(c3ccccc3)C2)CNC1. The lowest BCUT2D eigenvalue weighted by Gasteiger charge is -2.39. The van der Waals surface area contributed by atoms with Crippen LogP contribution in [0.2, 0.25) is 0 Å². The van der Waals surface area contributed by atoms with Crippen molar-refractivity contribution in [2.45, 2.75) is 24.9 Å². The van der Waals surface area contributed by atoms with Crippen LogP contribution < -0.4 is 5.32 Å². The van der Waals surface area contributed by atoms with Crippen LogP contribution in [0.5, 0.6) is 0 Å². The summed E-state index contributed by atoms with van der Waals surface area (Å²) in [5.41, 5.74) is 1.19. The number of hydrogen-bond donors (Lipinski definition) is 1. The lowest BCUT2D eigenvalue weighted by molar-refractivity contribution is -0.144. The van der Waals surface area contributed by atoms with Gasteiger partial charge >= 0.3 is 0 Å². The zero-order valence-corrected chi connectivity index (χ0v) is 12.0. The number of nitrogens with zero attached hydrogens (tertiary/aromatic N) is 1. The van der Waals surface area contributed by atoms with Gasteiger partial charge < -0.3 is 15.0 Å². The molecule has 108 valence electrons.